The largest absolute Gasteiger partial charge is 0.393 e. The summed E-state index contributed by atoms with van der Waals surface area (Å²) >= 11 is 5.02. The Hall–Kier alpha value is -1.42. The van der Waals surface area contributed by atoms with Crippen molar-refractivity contribution in [1.29, 1.82) is 0 Å². The Labute approximate surface area is 125 Å². The van der Waals surface area contributed by atoms with Crippen molar-refractivity contribution in [3.05, 3.63) is 35.4 Å². The van der Waals surface area contributed by atoms with Gasteiger partial charge in [0.15, 0.2) is 0 Å². The van der Waals surface area contributed by atoms with Gasteiger partial charge in [0.25, 0.3) is 0 Å². The first-order valence-corrected chi connectivity index (χ1v) is 7.45. The Morgan fingerprint density at radius 2 is 2.05 bits per heavy atom. The van der Waals surface area contributed by atoms with Gasteiger partial charge in [-0.15, -0.1) is 0 Å². The molecule has 0 aliphatic heterocycles. The van der Waals surface area contributed by atoms with Crippen LogP contribution in [0.25, 0.3) is 0 Å². The second-order valence-electron chi connectivity index (χ2n) is 6.17. The third-order valence-corrected chi connectivity index (χ3v) is 4.64. The van der Waals surface area contributed by atoms with Crippen LogP contribution in [0.4, 0.5) is 0 Å². The number of nitrogens with two attached hydrogens (primary N) is 1. The number of carbonyl (C=O) groups excluding carboxylic acids is 1. The summed E-state index contributed by atoms with van der Waals surface area (Å²) in [5.41, 5.74) is 8.02. The predicted molar refractivity (Wildman–Crippen MR) is 85.5 cm³/mol. The number of aryl methyl sites for hydroxylation is 1. The van der Waals surface area contributed by atoms with Crippen LogP contribution < -0.4 is 11.1 Å². The lowest BCUT2D eigenvalue weighted by Gasteiger charge is -2.27. The number of rotatable bonds is 4. The van der Waals surface area contributed by atoms with E-state index >= 15 is 0 Å². The molecule has 2 rings (SSSR count). The van der Waals surface area contributed by atoms with Gasteiger partial charge in [0.1, 0.15) is 0 Å². The van der Waals surface area contributed by atoms with E-state index in [9.17, 15) is 4.79 Å². The summed E-state index contributed by atoms with van der Waals surface area (Å²) in [4.78, 5) is 12.7. The maximum absolute atomic E-state index is 12.3. The van der Waals surface area contributed by atoms with Gasteiger partial charge in [-0.25, -0.2) is 0 Å². The van der Waals surface area contributed by atoms with Crippen LogP contribution in [0.5, 0.6) is 0 Å². The quantitative estimate of drug-likeness (QED) is 0.836. The van der Waals surface area contributed by atoms with Crippen molar-refractivity contribution in [2.45, 2.75) is 33.1 Å². The number of hydrogen-bond donors (Lipinski definition) is 2. The maximum Gasteiger partial charge on any atom is 0.223 e. The van der Waals surface area contributed by atoms with Crippen LogP contribution in [-0.4, -0.2) is 17.4 Å². The van der Waals surface area contributed by atoms with Crippen LogP contribution >= 0.6 is 12.2 Å². The molecule has 1 aromatic carbocycles. The molecule has 20 heavy (non-hydrogen) atoms. The molecule has 0 saturated carbocycles. The fraction of sp³-hybridized carbons (Fsp3) is 0.500. The number of carbonyl (C=O) groups is 1. The third kappa shape index (κ3) is 3.37. The van der Waals surface area contributed by atoms with Crippen molar-refractivity contribution in [2.75, 3.05) is 6.54 Å². The van der Waals surface area contributed by atoms with Crippen molar-refractivity contribution >= 4 is 23.1 Å². The summed E-state index contributed by atoms with van der Waals surface area (Å²) in [6.45, 7) is 4.40. The summed E-state index contributed by atoms with van der Waals surface area (Å²) in [6.07, 6.45) is 2.72. The summed E-state index contributed by atoms with van der Waals surface area (Å²) in [7, 11) is 0. The van der Waals surface area contributed by atoms with Crippen molar-refractivity contribution in [1.82, 2.24) is 5.32 Å². The average Bonchev–Trinajstić information content (AvgIpc) is 2.44. The number of hydrogen-bond acceptors (Lipinski definition) is 2. The Bertz CT molecular complexity index is 525. The number of benzene rings is 1. The lowest BCUT2D eigenvalue weighted by atomic mass is 9.83. The van der Waals surface area contributed by atoms with Gasteiger partial charge >= 0.3 is 0 Å². The molecule has 0 fully saturated rings. The minimum atomic E-state index is -0.336. The van der Waals surface area contributed by atoms with E-state index < -0.39 is 0 Å². The lowest BCUT2D eigenvalue weighted by molar-refractivity contribution is -0.125. The highest BCUT2D eigenvalue weighted by molar-refractivity contribution is 7.80. The van der Waals surface area contributed by atoms with Gasteiger partial charge in [0, 0.05) is 17.9 Å². The second-order valence-corrected chi connectivity index (χ2v) is 6.61. The van der Waals surface area contributed by atoms with E-state index in [0.29, 0.717) is 11.5 Å². The van der Waals surface area contributed by atoms with E-state index in [4.69, 9.17) is 18.0 Å². The third-order valence-electron chi connectivity index (χ3n) is 4.09. The Balaban J connectivity index is 1.94. The second kappa shape index (κ2) is 5.92. The van der Waals surface area contributed by atoms with Crippen molar-refractivity contribution in [3.63, 3.8) is 0 Å². The smallest absolute Gasteiger partial charge is 0.223 e. The van der Waals surface area contributed by atoms with Crippen molar-refractivity contribution < 1.29 is 4.79 Å². The molecule has 1 aliphatic rings. The van der Waals surface area contributed by atoms with E-state index in [1.165, 1.54) is 11.1 Å². The molecular weight excluding hydrogens is 268 g/mol. The van der Waals surface area contributed by atoms with E-state index in [-0.39, 0.29) is 17.2 Å². The predicted octanol–water partition coefficient (Wildman–Crippen LogP) is 2.22. The first-order chi connectivity index (χ1) is 9.40. The number of thiocarbonyl (C=S) groups is 1. The minimum Gasteiger partial charge on any atom is -0.393 e. The van der Waals surface area contributed by atoms with E-state index in [1.807, 2.05) is 19.9 Å². The summed E-state index contributed by atoms with van der Waals surface area (Å²) in [5.74, 6) is 0.177. The highest BCUT2D eigenvalue weighted by atomic mass is 32.1. The summed E-state index contributed by atoms with van der Waals surface area (Å²) < 4.78 is 0. The Morgan fingerprint density at radius 1 is 1.40 bits per heavy atom. The molecule has 1 aliphatic carbocycles. The van der Waals surface area contributed by atoms with Crippen LogP contribution in [-0.2, 0) is 17.6 Å². The normalized spacial score (nSPS) is 18.2. The van der Waals surface area contributed by atoms with Crippen LogP contribution in [0.2, 0.25) is 0 Å². The zero-order valence-corrected chi connectivity index (χ0v) is 12.9. The van der Waals surface area contributed by atoms with Gasteiger partial charge < -0.3 is 11.1 Å². The zero-order valence-electron chi connectivity index (χ0n) is 12.1. The van der Waals surface area contributed by atoms with Gasteiger partial charge in [-0.2, -0.15) is 0 Å². The van der Waals surface area contributed by atoms with Gasteiger partial charge in [-0.3, -0.25) is 4.79 Å². The number of fused-ring (bicyclic) bond motifs is 1. The SMILES string of the molecule is CC(C)(CNC(=O)C1CCc2ccccc2C1)C(N)=S. The van der Waals surface area contributed by atoms with Gasteiger partial charge in [-0.1, -0.05) is 50.3 Å². The van der Waals surface area contributed by atoms with Gasteiger partial charge in [0.05, 0.1) is 4.99 Å². The zero-order chi connectivity index (χ0) is 14.8. The first kappa shape index (κ1) is 15.0. The molecule has 3 nitrogen and oxygen atoms in total. The molecule has 108 valence electrons. The first-order valence-electron chi connectivity index (χ1n) is 7.04. The molecule has 1 atom stereocenters. The van der Waals surface area contributed by atoms with Crippen LogP contribution in [0.1, 0.15) is 31.4 Å². The van der Waals surface area contributed by atoms with Gasteiger partial charge in [0.2, 0.25) is 5.91 Å². The minimum absolute atomic E-state index is 0.0621. The summed E-state index contributed by atoms with van der Waals surface area (Å²) in [6, 6.07) is 8.37. The van der Waals surface area contributed by atoms with Crippen molar-refractivity contribution in [2.24, 2.45) is 17.1 Å². The number of nitrogens with one attached hydrogen (secondary N) is 1. The van der Waals surface area contributed by atoms with E-state index in [0.717, 1.165) is 19.3 Å². The molecule has 0 heterocycles. The fourth-order valence-corrected chi connectivity index (χ4v) is 2.53. The highest BCUT2D eigenvalue weighted by Gasteiger charge is 2.27. The lowest BCUT2D eigenvalue weighted by Crippen LogP contribution is -2.44. The van der Waals surface area contributed by atoms with Gasteiger partial charge in [-0.05, 0) is 30.4 Å². The molecule has 0 bridgehead atoms. The highest BCUT2D eigenvalue weighted by Crippen LogP contribution is 2.25. The van der Waals surface area contributed by atoms with Crippen LogP contribution in [0.3, 0.4) is 0 Å². The average molecular weight is 290 g/mol. The molecule has 0 aromatic heterocycles. The van der Waals surface area contributed by atoms with Crippen LogP contribution in [0, 0.1) is 11.3 Å². The topological polar surface area (TPSA) is 55.1 Å². The maximum atomic E-state index is 12.3. The van der Waals surface area contributed by atoms with E-state index in [1.54, 1.807) is 0 Å². The molecule has 4 heteroatoms. The molecular formula is C16H22N2OS. The molecule has 1 aromatic rings. The fourth-order valence-electron chi connectivity index (χ4n) is 2.46. The monoisotopic (exact) mass is 290 g/mol. The molecule has 1 amide bonds. The molecule has 1 unspecified atom stereocenters. The Morgan fingerprint density at radius 3 is 2.70 bits per heavy atom. The molecule has 3 N–H and O–H groups in total. The standard InChI is InChI=1S/C16H22N2OS/c1-16(2,15(17)20)10-18-14(19)13-8-7-11-5-3-4-6-12(11)9-13/h3-6,13H,7-10H2,1-2H3,(H2,17,20)(H,18,19). The summed E-state index contributed by atoms with van der Waals surface area (Å²) in [5, 5.41) is 3.00. The van der Waals surface area contributed by atoms with E-state index in [2.05, 4.69) is 23.5 Å². The Kier molecular flexibility index (Phi) is 4.43. The number of amides is 1. The van der Waals surface area contributed by atoms with Crippen LogP contribution in [0.15, 0.2) is 24.3 Å². The van der Waals surface area contributed by atoms with Crippen molar-refractivity contribution in [3.8, 4) is 0 Å². The molecule has 0 spiro atoms. The molecule has 0 saturated heterocycles. The molecule has 0 radical (unpaired) electrons.